The second-order valence-corrected chi connectivity index (χ2v) is 4.79. The normalized spacial score (nSPS) is 13.3. The van der Waals surface area contributed by atoms with Crippen LogP contribution in [0.1, 0.15) is 24.4 Å². The zero-order valence-corrected chi connectivity index (χ0v) is 11.0. The van der Waals surface area contributed by atoms with Gasteiger partial charge in [-0.05, 0) is 19.4 Å². The number of nitrogens with one attached hydrogen (secondary N) is 1. The Morgan fingerprint density at radius 1 is 1.30 bits per heavy atom. The molecule has 20 heavy (non-hydrogen) atoms. The third kappa shape index (κ3) is 1.51. The summed E-state index contributed by atoms with van der Waals surface area (Å²) in [5.41, 5.74) is 2.56. The molecule has 1 atom stereocenters. The molecule has 0 radical (unpaired) electrons. The maximum Gasteiger partial charge on any atom is 0.176 e. The number of hydrogen-bond donors (Lipinski definition) is 1. The lowest BCUT2D eigenvalue weighted by atomic mass is 10.3. The molecule has 8 heteroatoms. The molecule has 0 saturated carbocycles. The van der Waals surface area contributed by atoms with E-state index in [0.717, 1.165) is 16.6 Å². The van der Waals surface area contributed by atoms with Gasteiger partial charge in [-0.3, -0.25) is 9.78 Å². The Kier molecular flexibility index (Phi) is 2.14. The molecular formula is C12H12N8. The van der Waals surface area contributed by atoms with Gasteiger partial charge in [0.25, 0.3) is 0 Å². The first-order chi connectivity index (χ1) is 9.72. The minimum Gasteiger partial charge on any atom is -0.262 e. The quantitative estimate of drug-likeness (QED) is 0.588. The molecular weight excluding hydrogens is 256 g/mol. The molecule has 0 bridgehead atoms. The van der Waals surface area contributed by atoms with Gasteiger partial charge in [-0.2, -0.15) is 10.2 Å². The number of H-pyrrole nitrogens is 1. The van der Waals surface area contributed by atoms with Crippen LogP contribution in [0.15, 0.2) is 24.9 Å². The number of nitrogens with zero attached hydrogens (tertiary/aromatic N) is 7. The SMILES string of the molecule is Cc1cnn(C(C)c2nc3c4cn[nH]c4ncn3n2)c1. The maximum absolute atomic E-state index is 4.59. The Bertz CT molecular complexity index is 899. The number of rotatable bonds is 2. The molecule has 0 aliphatic carbocycles. The first kappa shape index (κ1) is 11.1. The first-order valence-electron chi connectivity index (χ1n) is 6.27. The predicted molar refractivity (Wildman–Crippen MR) is 71.2 cm³/mol. The van der Waals surface area contributed by atoms with Crippen LogP contribution in [0.3, 0.4) is 0 Å². The molecule has 0 amide bonds. The lowest BCUT2D eigenvalue weighted by molar-refractivity contribution is 0.536. The summed E-state index contributed by atoms with van der Waals surface area (Å²) < 4.78 is 3.52. The Labute approximate surface area is 113 Å². The van der Waals surface area contributed by atoms with Crippen LogP contribution >= 0.6 is 0 Å². The average Bonchev–Trinajstić information content (AvgIpc) is 3.14. The largest absolute Gasteiger partial charge is 0.262 e. The number of fused-ring (bicyclic) bond motifs is 3. The Hall–Kier alpha value is -2.77. The minimum atomic E-state index is -0.0365. The van der Waals surface area contributed by atoms with Gasteiger partial charge in [0.1, 0.15) is 12.4 Å². The molecule has 1 unspecified atom stereocenters. The van der Waals surface area contributed by atoms with Crippen molar-refractivity contribution in [1.82, 2.24) is 39.6 Å². The van der Waals surface area contributed by atoms with Crippen molar-refractivity contribution in [3.05, 3.63) is 36.3 Å². The topological polar surface area (TPSA) is 89.6 Å². The van der Waals surface area contributed by atoms with Crippen molar-refractivity contribution < 1.29 is 0 Å². The molecule has 8 nitrogen and oxygen atoms in total. The highest BCUT2D eigenvalue weighted by Crippen LogP contribution is 2.18. The van der Waals surface area contributed by atoms with Crippen LogP contribution in [0.2, 0.25) is 0 Å². The van der Waals surface area contributed by atoms with Crippen LogP contribution in [0.5, 0.6) is 0 Å². The van der Waals surface area contributed by atoms with Gasteiger partial charge in [0.2, 0.25) is 0 Å². The second kappa shape index (κ2) is 3.86. The zero-order chi connectivity index (χ0) is 13.7. The van der Waals surface area contributed by atoms with Crippen molar-refractivity contribution in [3.8, 4) is 0 Å². The number of aromatic nitrogens is 8. The Balaban J connectivity index is 1.87. The van der Waals surface area contributed by atoms with E-state index in [4.69, 9.17) is 0 Å². The standard InChI is InChI=1S/C12H12N8/c1-7-3-15-19(5-7)8(2)10-16-12-9-4-14-17-11(9)13-6-20(12)18-10/h3-6,8H,1-2H3,(H,14,17). The Morgan fingerprint density at radius 2 is 2.20 bits per heavy atom. The summed E-state index contributed by atoms with van der Waals surface area (Å²) >= 11 is 0. The Morgan fingerprint density at radius 3 is 3.00 bits per heavy atom. The van der Waals surface area contributed by atoms with Crippen LogP contribution < -0.4 is 0 Å². The van der Waals surface area contributed by atoms with Crippen LogP contribution in [-0.2, 0) is 0 Å². The van der Waals surface area contributed by atoms with Gasteiger partial charge in [0.05, 0.1) is 17.8 Å². The molecule has 0 aliphatic heterocycles. The molecule has 0 saturated heterocycles. The van der Waals surface area contributed by atoms with E-state index >= 15 is 0 Å². The van der Waals surface area contributed by atoms with Gasteiger partial charge in [-0.1, -0.05) is 0 Å². The number of aromatic amines is 1. The fourth-order valence-corrected chi connectivity index (χ4v) is 2.20. The molecule has 4 aromatic heterocycles. The predicted octanol–water partition coefficient (Wildman–Crippen LogP) is 1.11. The van der Waals surface area contributed by atoms with Crippen LogP contribution in [-0.4, -0.2) is 39.6 Å². The summed E-state index contributed by atoms with van der Waals surface area (Å²) in [6, 6.07) is -0.0365. The molecule has 0 aromatic carbocycles. The van der Waals surface area contributed by atoms with Crippen LogP contribution in [0.4, 0.5) is 0 Å². The van der Waals surface area contributed by atoms with Crippen LogP contribution in [0, 0.1) is 6.92 Å². The summed E-state index contributed by atoms with van der Waals surface area (Å²) in [6.45, 7) is 4.02. The molecule has 0 aliphatic rings. The van der Waals surface area contributed by atoms with E-state index in [2.05, 4.69) is 30.4 Å². The van der Waals surface area contributed by atoms with Crippen molar-refractivity contribution >= 4 is 16.7 Å². The maximum atomic E-state index is 4.59. The summed E-state index contributed by atoms with van der Waals surface area (Å²) in [6.07, 6.45) is 7.14. The van der Waals surface area contributed by atoms with E-state index in [0.29, 0.717) is 11.5 Å². The van der Waals surface area contributed by atoms with E-state index in [9.17, 15) is 0 Å². The molecule has 0 fully saturated rings. The lowest BCUT2D eigenvalue weighted by Crippen LogP contribution is -2.09. The monoisotopic (exact) mass is 268 g/mol. The third-order valence-corrected chi connectivity index (χ3v) is 3.31. The van der Waals surface area contributed by atoms with Gasteiger partial charge in [0, 0.05) is 6.20 Å². The van der Waals surface area contributed by atoms with Crippen LogP contribution in [0.25, 0.3) is 16.7 Å². The van der Waals surface area contributed by atoms with Gasteiger partial charge < -0.3 is 0 Å². The van der Waals surface area contributed by atoms with E-state index in [1.165, 1.54) is 0 Å². The number of hydrogen-bond acceptors (Lipinski definition) is 5. The average molecular weight is 268 g/mol. The highest BCUT2D eigenvalue weighted by molar-refractivity contribution is 5.87. The highest BCUT2D eigenvalue weighted by atomic mass is 15.4. The summed E-state index contributed by atoms with van der Waals surface area (Å²) in [7, 11) is 0. The summed E-state index contributed by atoms with van der Waals surface area (Å²) in [5.74, 6) is 0.698. The number of aryl methyl sites for hydroxylation is 1. The molecule has 4 heterocycles. The van der Waals surface area contributed by atoms with Crippen molar-refractivity contribution in [2.45, 2.75) is 19.9 Å². The lowest BCUT2D eigenvalue weighted by Gasteiger charge is -2.06. The fraction of sp³-hybridized carbons (Fsp3) is 0.250. The summed E-state index contributed by atoms with van der Waals surface area (Å²) in [5, 5.41) is 16.4. The molecule has 100 valence electrons. The molecule has 4 rings (SSSR count). The van der Waals surface area contributed by atoms with Gasteiger partial charge >= 0.3 is 0 Å². The van der Waals surface area contributed by atoms with Crippen molar-refractivity contribution in [1.29, 1.82) is 0 Å². The zero-order valence-electron chi connectivity index (χ0n) is 11.0. The van der Waals surface area contributed by atoms with E-state index in [1.807, 2.05) is 30.9 Å². The van der Waals surface area contributed by atoms with Gasteiger partial charge in [-0.15, -0.1) is 5.10 Å². The third-order valence-electron chi connectivity index (χ3n) is 3.31. The van der Waals surface area contributed by atoms with Gasteiger partial charge in [-0.25, -0.2) is 14.5 Å². The smallest absolute Gasteiger partial charge is 0.176 e. The van der Waals surface area contributed by atoms with E-state index in [-0.39, 0.29) is 6.04 Å². The molecule has 4 aromatic rings. The highest BCUT2D eigenvalue weighted by Gasteiger charge is 2.16. The van der Waals surface area contributed by atoms with Crippen molar-refractivity contribution in [2.24, 2.45) is 0 Å². The van der Waals surface area contributed by atoms with E-state index in [1.54, 1.807) is 17.0 Å². The molecule has 1 N–H and O–H groups in total. The first-order valence-corrected chi connectivity index (χ1v) is 6.27. The van der Waals surface area contributed by atoms with Crippen molar-refractivity contribution in [3.63, 3.8) is 0 Å². The fourth-order valence-electron chi connectivity index (χ4n) is 2.20. The van der Waals surface area contributed by atoms with E-state index < -0.39 is 0 Å². The minimum absolute atomic E-state index is 0.0365. The molecule has 0 spiro atoms. The van der Waals surface area contributed by atoms with Crippen molar-refractivity contribution in [2.75, 3.05) is 0 Å². The summed E-state index contributed by atoms with van der Waals surface area (Å²) in [4.78, 5) is 8.83. The second-order valence-electron chi connectivity index (χ2n) is 4.79. The van der Waals surface area contributed by atoms with Gasteiger partial charge in [0.15, 0.2) is 17.1 Å².